The van der Waals surface area contributed by atoms with Crippen LogP contribution in [0.4, 0.5) is 5.82 Å². The fraction of sp³-hybridized carbons (Fsp3) is 0.393. The number of amides is 1. The van der Waals surface area contributed by atoms with Crippen molar-refractivity contribution in [1.82, 2.24) is 19.8 Å². The fourth-order valence-corrected chi connectivity index (χ4v) is 6.28. The number of aromatic nitrogens is 2. The van der Waals surface area contributed by atoms with E-state index in [1.807, 2.05) is 36.5 Å². The number of nitrogens with two attached hydrogens (primary N) is 1. The Morgan fingerprint density at radius 3 is 2.74 bits per heavy atom. The van der Waals surface area contributed by atoms with Crippen LogP contribution in [-0.2, 0) is 14.5 Å². The van der Waals surface area contributed by atoms with E-state index in [0.29, 0.717) is 37.1 Å². The summed E-state index contributed by atoms with van der Waals surface area (Å²) >= 11 is 3.49. The van der Waals surface area contributed by atoms with E-state index in [2.05, 4.69) is 28.8 Å². The highest BCUT2D eigenvalue weighted by Crippen LogP contribution is 2.36. The van der Waals surface area contributed by atoms with E-state index in [-0.39, 0.29) is 5.91 Å². The minimum absolute atomic E-state index is 0.110. The Morgan fingerprint density at radius 2 is 2.00 bits per heavy atom. The van der Waals surface area contributed by atoms with E-state index in [9.17, 15) is 4.79 Å². The molecule has 8 nitrogen and oxygen atoms in total. The average Bonchev–Trinajstić information content (AvgIpc) is 3.53. The van der Waals surface area contributed by atoms with E-state index in [4.69, 9.17) is 18.5 Å². The average molecular weight is 644 g/mol. The SMILES string of the molecule is CN1CCC(c2ncc(-c3cnc(N)c(OCc4cccc(C#CC5(OI)CCN(C)C5=O)c4)c3)s2)CC1. The second-order valence-electron chi connectivity index (χ2n) is 9.87. The van der Waals surface area contributed by atoms with Crippen LogP contribution in [0.25, 0.3) is 10.4 Å². The Hall–Kier alpha value is -2.72. The van der Waals surface area contributed by atoms with Crippen molar-refractivity contribution >= 4 is 46.1 Å². The molecule has 2 aromatic heterocycles. The van der Waals surface area contributed by atoms with Crippen LogP contribution in [0.15, 0.2) is 42.7 Å². The van der Waals surface area contributed by atoms with Gasteiger partial charge in [0.05, 0.1) is 9.88 Å². The molecule has 2 saturated heterocycles. The zero-order valence-electron chi connectivity index (χ0n) is 21.4. The number of thiazole rings is 1. The van der Waals surface area contributed by atoms with E-state index in [1.165, 1.54) is 5.01 Å². The van der Waals surface area contributed by atoms with Gasteiger partial charge in [0.25, 0.3) is 5.91 Å². The summed E-state index contributed by atoms with van der Waals surface area (Å²) in [5, 5.41) is 1.19. The third-order valence-electron chi connectivity index (χ3n) is 7.11. The van der Waals surface area contributed by atoms with Gasteiger partial charge in [-0.2, -0.15) is 0 Å². The number of hydrogen-bond acceptors (Lipinski definition) is 8. The number of pyridine rings is 1. The number of halogens is 1. The molecule has 1 amide bonds. The summed E-state index contributed by atoms with van der Waals surface area (Å²) in [5.41, 5.74) is 7.71. The Morgan fingerprint density at radius 1 is 1.18 bits per heavy atom. The molecular formula is C28H30IN5O3S. The Bertz CT molecular complexity index is 1380. The molecule has 2 aliphatic heterocycles. The second-order valence-corrected chi connectivity index (χ2v) is 11.4. The molecule has 198 valence electrons. The van der Waals surface area contributed by atoms with Gasteiger partial charge in [0, 0.05) is 49.5 Å². The van der Waals surface area contributed by atoms with Crippen LogP contribution < -0.4 is 10.5 Å². The summed E-state index contributed by atoms with van der Waals surface area (Å²) in [6, 6.07) is 9.67. The second kappa shape index (κ2) is 11.6. The van der Waals surface area contributed by atoms with Crippen molar-refractivity contribution < 1.29 is 12.6 Å². The van der Waals surface area contributed by atoms with Gasteiger partial charge in [0.1, 0.15) is 29.6 Å². The van der Waals surface area contributed by atoms with Crippen molar-refractivity contribution in [3.8, 4) is 28.0 Å². The molecule has 0 aliphatic carbocycles. The smallest absolute Gasteiger partial charge is 0.268 e. The highest BCUT2D eigenvalue weighted by molar-refractivity contribution is 14.1. The maximum Gasteiger partial charge on any atom is 0.268 e. The summed E-state index contributed by atoms with van der Waals surface area (Å²) in [6.07, 6.45) is 6.53. The van der Waals surface area contributed by atoms with Gasteiger partial charge in [0.15, 0.2) is 11.6 Å². The first-order chi connectivity index (χ1) is 18.4. The molecule has 0 spiro atoms. The van der Waals surface area contributed by atoms with Crippen LogP contribution in [0.3, 0.4) is 0 Å². The Kier molecular flexibility index (Phi) is 8.18. The van der Waals surface area contributed by atoms with Gasteiger partial charge in [-0.1, -0.05) is 24.0 Å². The van der Waals surface area contributed by atoms with Gasteiger partial charge in [0.2, 0.25) is 5.60 Å². The number of carbonyl (C=O) groups is 1. The Labute approximate surface area is 241 Å². The molecule has 2 aliphatic rings. The van der Waals surface area contributed by atoms with Gasteiger partial charge < -0.3 is 20.3 Å². The molecule has 38 heavy (non-hydrogen) atoms. The van der Waals surface area contributed by atoms with Crippen molar-refractivity contribution in [1.29, 1.82) is 0 Å². The molecule has 1 unspecified atom stereocenters. The molecule has 0 bridgehead atoms. The van der Waals surface area contributed by atoms with Crippen molar-refractivity contribution in [2.75, 3.05) is 39.5 Å². The number of nitrogens with zero attached hydrogens (tertiary/aromatic N) is 4. The normalized spacial score (nSPS) is 20.4. The lowest BCUT2D eigenvalue weighted by Gasteiger charge is -2.27. The van der Waals surface area contributed by atoms with E-state index in [0.717, 1.165) is 47.5 Å². The molecule has 2 fully saturated rings. The predicted molar refractivity (Wildman–Crippen MR) is 157 cm³/mol. The van der Waals surface area contributed by atoms with Crippen LogP contribution in [0.2, 0.25) is 0 Å². The first-order valence-electron chi connectivity index (χ1n) is 12.6. The summed E-state index contributed by atoms with van der Waals surface area (Å²) in [6.45, 7) is 3.15. The number of likely N-dealkylation sites (tertiary alicyclic amines) is 2. The first-order valence-corrected chi connectivity index (χ1v) is 14.3. The molecule has 0 radical (unpaired) electrons. The van der Waals surface area contributed by atoms with Crippen molar-refractivity contribution in [3.63, 3.8) is 0 Å². The third-order valence-corrected chi connectivity index (χ3v) is 9.07. The quantitative estimate of drug-likeness (QED) is 0.313. The Balaban J connectivity index is 1.27. The lowest BCUT2D eigenvalue weighted by molar-refractivity contribution is -0.134. The molecule has 10 heteroatoms. The topological polar surface area (TPSA) is 93.8 Å². The lowest BCUT2D eigenvalue weighted by atomic mass is 9.98. The minimum Gasteiger partial charge on any atom is -0.485 e. The molecule has 5 rings (SSSR count). The van der Waals surface area contributed by atoms with Crippen molar-refractivity contribution in [2.45, 2.75) is 37.4 Å². The van der Waals surface area contributed by atoms with Crippen LogP contribution in [0.5, 0.6) is 5.75 Å². The molecule has 1 aromatic carbocycles. The lowest BCUT2D eigenvalue weighted by Crippen LogP contribution is -2.37. The molecular weight excluding hydrogens is 613 g/mol. The van der Waals surface area contributed by atoms with Gasteiger partial charge in [-0.25, -0.2) is 9.97 Å². The minimum atomic E-state index is -1.09. The molecule has 1 atom stereocenters. The van der Waals surface area contributed by atoms with Crippen molar-refractivity contribution in [3.05, 3.63) is 58.9 Å². The molecule has 4 heterocycles. The van der Waals surface area contributed by atoms with E-state index < -0.39 is 5.60 Å². The number of anilines is 1. The molecule has 0 saturated carbocycles. The van der Waals surface area contributed by atoms with Gasteiger partial charge in [-0.05, 0) is 56.7 Å². The monoisotopic (exact) mass is 643 g/mol. The maximum absolute atomic E-state index is 12.5. The first kappa shape index (κ1) is 26.9. The number of piperidine rings is 1. The standard InChI is InChI=1S/C28H30IN5O3S/c1-33-11-7-21(8-12-33)26-32-17-24(38-26)22-15-23(25(30)31-16-22)36-18-20-5-3-4-19(14-20)6-9-28(37-29)10-13-34(2)27(28)35/h3-5,14-17,21H,7-8,10-13,18H2,1-2H3,(H2,30,31). The highest BCUT2D eigenvalue weighted by atomic mass is 127. The van der Waals surface area contributed by atoms with E-state index >= 15 is 0 Å². The van der Waals surface area contributed by atoms with Crippen LogP contribution in [-0.4, -0.2) is 65.0 Å². The molecule has 2 N–H and O–H groups in total. The maximum atomic E-state index is 12.5. The summed E-state index contributed by atoms with van der Waals surface area (Å²) in [5.74, 6) is 7.45. The fourth-order valence-electron chi connectivity index (χ4n) is 4.69. The summed E-state index contributed by atoms with van der Waals surface area (Å²) < 4.78 is 11.6. The van der Waals surface area contributed by atoms with Crippen LogP contribution in [0, 0.1) is 11.8 Å². The highest BCUT2D eigenvalue weighted by Gasteiger charge is 2.45. The number of hydrogen-bond donors (Lipinski definition) is 1. The number of carbonyl (C=O) groups excluding carboxylic acids is 1. The number of likely N-dealkylation sites (N-methyl/N-ethyl adjacent to an activating group) is 1. The van der Waals surface area contributed by atoms with Crippen LogP contribution >= 0.6 is 34.3 Å². The largest absolute Gasteiger partial charge is 0.485 e. The third kappa shape index (κ3) is 5.81. The molecule has 3 aromatic rings. The number of benzene rings is 1. The van der Waals surface area contributed by atoms with Crippen LogP contribution in [0.1, 0.15) is 41.3 Å². The predicted octanol–water partition coefficient (Wildman–Crippen LogP) is 4.49. The van der Waals surface area contributed by atoms with Crippen molar-refractivity contribution in [2.24, 2.45) is 0 Å². The van der Waals surface area contributed by atoms with Gasteiger partial charge in [-0.3, -0.25) is 7.86 Å². The zero-order chi connectivity index (χ0) is 26.7. The van der Waals surface area contributed by atoms with E-state index in [1.54, 1.807) is 52.5 Å². The number of ether oxygens (including phenoxy) is 1. The number of rotatable bonds is 6. The van der Waals surface area contributed by atoms with Gasteiger partial charge in [-0.15, -0.1) is 11.3 Å². The zero-order valence-corrected chi connectivity index (χ0v) is 24.4. The summed E-state index contributed by atoms with van der Waals surface area (Å²) in [4.78, 5) is 26.7. The number of nitrogen functional groups attached to an aromatic ring is 1. The van der Waals surface area contributed by atoms with Gasteiger partial charge >= 0.3 is 0 Å². The summed E-state index contributed by atoms with van der Waals surface area (Å²) in [7, 11) is 3.93.